The lowest BCUT2D eigenvalue weighted by Crippen LogP contribution is -2.43. The fraction of sp³-hybridized carbons (Fsp3) is 0.833. The minimum absolute atomic E-state index is 0.0776. The van der Waals surface area contributed by atoms with E-state index in [0.29, 0.717) is 0 Å². The molecule has 0 radical (unpaired) electrons. The second kappa shape index (κ2) is 2.46. The zero-order valence-electron chi connectivity index (χ0n) is 6.51. The van der Waals surface area contributed by atoms with Gasteiger partial charge in [-0.15, -0.1) is 0 Å². The molecule has 0 aromatic rings. The van der Waals surface area contributed by atoms with Crippen molar-refractivity contribution in [1.29, 1.82) is 0 Å². The molecule has 58 valence electrons. The van der Waals surface area contributed by atoms with Gasteiger partial charge in [0, 0.05) is 0 Å². The van der Waals surface area contributed by atoms with Gasteiger partial charge in [-0.05, 0) is 21.0 Å². The molecule has 1 aliphatic heterocycles. The Morgan fingerprint density at radius 1 is 1.40 bits per heavy atom. The van der Waals surface area contributed by atoms with Crippen LogP contribution in [0.25, 0.3) is 0 Å². The Balaban J connectivity index is 2.54. The van der Waals surface area contributed by atoms with Crippen LogP contribution in [0.3, 0.4) is 0 Å². The Kier molecular flexibility index (Phi) is 1.80. The number of nitrogens with one attached hydrogen (secondary N) is 2. The van der Waals surface area contributed by atoms with E-state index in [2.05, 4.69) is 10.6 Å². The molecule has 0 bridgehead atoms. The summed E-state index contributed by atoms with van der Waals surface area (Å²) in [6, 6.07) is 0.119. The fourth-order valence-electron chi connectivity index (χ4n) is 1.16. The average Bonchev–Trinajstić information content (AvgIpc) is 2.10. The highest BCUT2D eigenvalue weighted by molar-refractivity contribution is 5.77. The minimum Gasteiger partial charge on any atom is -0.332 e. The van der Waals surface area contributed by atoms with Crippen molar-refractivity contribution in [2.45, 2.75) is 19.1 Å². The lowest BCUT2D eigenvalue weighted by molar-refractivity contribution is 0.235. The predicted molar refractivity (Wildman–Crippen MR) is 38.6 cm³/mol. The Hall–Kier alpha value is -0.770. The molecule has 2 amide bonds. The molecule has 2 N–H and O–H groups in total. The topological polar surface area (TPSA) is 44.4 Å². The minimum atomic E-state index is -0.0776. The number of hydrogen-bond acceptors (Lipinski definition) is 2. The summed E-state index contributed by atoms with van der Waals surface area (Å²) in [5.74, 6) is 0. The van der Waals surface area contributed by atoms with Gasteiger partial charge in [0.15, 0.2) is 0 Å². The first-order valence-electron chi connectivity index (χ1n) is 3.34. The van der Waals surface area contributed by atoms with E-state index in [0.717, 1.165) is 0 Å². The van der Waals surface area contributed by atoms with Gasteiger partial charge in [0.05, 0.1) is 6.04 Å². The van der Waals surface area contributed by atoms with Gasteiger partial charge in [-0.2, -0.15) is 0 Å². The first kappa shape index (κ1) is 7.34. The zero-order chi connectivity index (χ0) is 7.72. The van der Waals surface area contributed by atoms with Crippen LogP contribution < -0.4 is 10.6 Å². The van der Waals surface area contributed by atoms with E-state index in [9.17, 15) is 4.79 Å². The van der Waals surface area contributed by atoms with E-state index < -0.39 is 0 Å². The van der Waals surface area contributed by atoms with Gasteiger partial charge in [-0.25, -0.2) is 4.79 Å². The van der Waals surface area contributed by atoms with Crippen LogP contribution in [0.2, 0.25) is 0 Å². The molecule has 1 heterocycles. The van der Waals surface area contributed by atoms with Crippen molar-refractivity contribution in [1.82, 2.24) is 15.5 Å². The van der Waals surface area contributed by atoms with Gasteiger partial charge in [0.2, 0.25) is 0 Å². The van der Waals surface area contributed by atoms with Crippen molar-refractivity contribution in [3.05, 3.63) is 0 Å². The van der Waals surface area contributed by atoms with Crippen molar-refractivity contribution in [2.24, 2.45) is 0 Å². The van der Waals surface area contributed by atoms with Crippen LogP contribution in [0.15, 0.2) is 0 Å². The summed E-state index contributed by atoms with van der Waals surface area (Å²) in [5.41, 5.74) is 0. The average molecular weight is 143 g/mol. The van der Waals surface area contributed by atoms with Gasteiger partial charge >= 0.3 is 6.03 Å². The molecule has 4 nitrogen and oxygen atoms in total. The van der Waals surface area contributed by atoms with E-state index in [-0.39, 0.29) is 18.2 Å². The van der Waals surface area contributed by atoms with Crippen molar-refractivity contribution in [2.75, 3.05) is 14.1 Å². The van der Waals surface area contributed by atoms with Crippen LogP contribution in [0, 0.1) is 0 Å². The Morgan fingerprint density at radius 3 is 2.20 bits per heavy atom. The van der Waals surface area contributed by atoms with Crippen LogP contribution in [0.4, 0.5) is 4.79 Å². The molecule has 1 rings (SSSR count). The molecule has 0 aromatic carbocycles. The summed E-state index contributed by atoms with van der Waals surface area (Å²) >= 11 is 0. The molecule has 0 saturated carbocycles. The van der Waals surface area contributed by atoms with Gasteiger partial charge in [-0.1, -0.05) is 0 Å². The number of likely N-dealkylation sites (N-methyl/N-ethyl adjacent to an activating group) is 1. The number of nitrogens with zero attached hydrogens (tertiary/aromatic N) is 1. The normalized spacial score (nSPS) is 32.2. The summed E-state index contributed by atoms with van der Waals surface area (Å²) in [5, 5.41) is 5.54. The lowest BCUT2D eigenvalue weighted by atomic mass is 10.3. The standard InChI is InChI=1S/C6H13N3O/c1-4-5(9(2)3)8-6(10)7-4/h4-5H,1-3H3,(H2,7,8,10). The Bertz CT molecular complexity index is 146. The fourth-order valence-corrected chi connectivity index (χ4v) is 1.16. The maximum absolute atomic E-state index is 10.7. The smallest absolute Gasteiger partial charge is 0.316 e. The van der Waals surface area contributed by atoms with Crippen LogP contribution in [0.5, 0.6) is 0 Å². The van der Waals surface area contributed by atoms with Crippen molar-refractivity contribution in [3.8, 4) is 0 Å². The molecule has 0 aliphatic carbocycles. The molecular weight excluding hydrogens is 130 g/mol. The second-order valence-corrected chi connectivity index (χ2v) is 2.81. The van der Waals surface area contributed by atoms with E-state index in [1.165, 1.54) is 0 Å². The van der Waals surface area contributed by atoms with Crippen LogP contribution in [0.1, 0.15) is 6.92 Å². The molecule has 10 heavy (non-hydrogen) atoms. The van der Waals surface area contributed by atoms with Gasteiger partial charge in [0.1, 0.15) is 6.17 Å². The second-order valence-electron chi connectivity index (χ2n) is 2.81. The highest BCUT2D eigenvalue weighted by atomic mass is 16.2. The molecule has 2 unspecified atom stereocenters. The molecule has 1 aliphatic rings. The third kappa shape index (κ3) is 1.21. The maximum atomic E-state index is 10.7. The third-order valence-corrected chi connectivity index (χ3v) is 1.67. The molecule has 4 heteroatoms. The van der Waals surface area contributed by atoms with Crippen LogP contribution in [-0.2, 0) is 0 Å². The number of rotatable bonds is 1. The number of urea groups is 1. The highest BCUT2D eigenvalue weighted by Gasteiger charge is 2.28. The Labute approximate surface area is 60.6 Å². The van der Waals surface area contributed by atoms with E-state index in [1.807, 2.05) is 25.9 Å². The molecular formula is C6H13N3O. The van der Waals surface area contributed by atoms with E-state index >= 15 is 0 Å². The lowest BCUT2D eigenvalue weighted by Gasteiger charge is -2.21. The molecule has 0 aromatic heterocycles. The first-order valence-corrected chi connectivity index (χ1v) is 3.34. The number of hydrogen-bond donors (Lipinski definition) is 2. The SMILES string of the molecule is CC1NC(=O)NC1N(C)C. The van der Waals surface area contributed by atoms with E-state index in [4.69, 9.17) is 0 Å². The summed E-state index contributed by atoms with van der Waals surface area (Å²) in [7, 11) is 3.88. The summed E-state index contributed by atoms with van der Waals surface area (Å²) in [6.07, 6.45) is 0.132. The number of carbonyl (C=O) groups is 1. The number of carbonyl (C=O) groups excluding carboxylic acids is 1. The predicted octanol–water partition coefficient (Wildman–Crippen LogP) is -0.425. The Morgan fingerprint density at radius 2 is 2.00 bits per heavy atom. The first-order chi connectivity index (χ1) is 4.61. The summed E-state index contributed by atoms with van der Waals surface area (Å²) in [4.78, 5) is 12.7. The largest absolute Gasteiger partial charge is 0.332 e. The molecule has 1 fully saturated rings. The van der Waals surface area contributed by atoms with Crippen LogP contribution in [-0.4, -0.2) is 37.2 Å². The number of amides is 2. The summed E-state index contributed by atoms with van der Waals surface area (Å²) < 4.78 is 0. The highest BCUT2D eigenvalue weighted by Crippen LogP contribution is 2.01. The van der Waals surface area contributed by atoms with Gasteiger partial charge in [0.25, 0.3) is 0 Å². The maximum Gasteiger partial charge on any atom is 0.316 e. The monoisotopic (exact) mass is 143 g/mol. The zero-order valence-corrected chi connectivity index (χ0v) is 6.51. The van der Waals surface area contributed by atoms with Crippen molar-refractivity contribution < 1.29 is 4.79 Å². The van der Waals surface area contributed by atoms with Crippen LogP contribution >= 0.6 is 0 Å². The van der Waals surface area contributed by atoms with Gasteiger partial charge in [-0.3, -0.25) is 4.90 Å². The third-order valence-electron chi connectivity index (χ3n) is 1.67. The van der Waals surface area contributed by atoms with Gasteiger partial charge < -0.3 is 10.6 Å². The summed E-state index contributed by atoms with van der Waals surface area (Å²) in [6.45, 7) is 1.97. The van der Waals surface area contributed by atoms with E-state index in [1.54, 1.807) is 0 Å². The van der Waals surface area contributed by atoms with Crippen molar-refractivity contribution >= 4 is 6.03 Å². The van der Waals surface area contributed by atoms with Crippen molar-refractivity contribution in [3.63, 3.8) is 0 Å². The molecule has 0 spiro atoms. The molecule has 2 atom stereocenters. The molecule has 1 saturated heterocycles. The quantitative estimate of drug-likeness (QED) is 0.523.